The number of hydrogen-bond acceptors (Lipinski definition) is 10. The molecule has 12 nitrogen and oxygen atoms in total. The summed E-state index contributed by atoms with van der Waals surface area (Å²) in [7, 11) is 0. The number of esters is 2. The summed E-state index contributed by atoms with van der Waals surface area (Å²) in [4.78, 5) is 50.2. The molecule has 75 heavy (non-hydrogen) atoms. The molecule has 12 heteroatoms. The molecule has 0 aromatic rings. The molecule has 0 radical (unpaired) electrons. The zero-order valence-electron chi connectivity index (χ0n) is 48.4. The average Bonchev–Trinajstić information content (AvgIpc) is 3.82. The fourth-order valence-electron chi connectivity index (χ4n) is 21.4. The Bertz CT molecular complexity index is 2350. The minimum atomic E-state index is -0.953. The molecule has 422 valence electrons. The van der Waals surface area contributed by atoms with Gasteiger partial charge in [0.05, 0.1) is 29.8 Å². The Hall–Kier alpha value is -3.06. The number of aliphatic hydroxyl groups excluding tert-OH is 4. The Labute approximate surface area is 449 Å². The fourth-order valence-corrected chi connectivity index (χ4v) is 21.4. The second kappa shape index (κ2) is 19.9. The van der Waals surface area contributed by atoms with E-state index in [-0.39, 0.29) is 86.2 Å². The first-order valence-corrected chi connectivity index (χ1v) is 29.3. The van der Waals surface area contributed by atoms with Crippen LogP contribution in [0.3, 0.4) is 0 Å². The lowest BCUT2D eigenvalue weighted by molar-refractivity contribution is -0.241. The van der Waals surface area contributed by atoms with Gasteiger partial charge in [0, 0.05) is 24.8 Å². The number of aliphatic hydroxyl groups is 4. The number of allylic oxidation sites excluding steroid dienone is 4. The molecule has 9 aliphatic rings. The van der Waals surface area contributed by atoms with Crippen molar-refractivity contribution >= 4 is 23.9 Å². The highest BCUT2D eigenvalue weighted by atomic mass is 16.5. The van der Waals surface area contributed by atoms with Crippen LogP contribution in [-0.2, 0) is 28.7 Å². The number of carbonyl (C=O) groups excluding carboxylic acids is 2. The van der Waals surface area contributed by atoms with Gasteiger partial charge in [-0.15, -0.1) is 0 Å². The molecule has 9 rings (SSSR count). The molecule has 9 fully saturated rings. The van der Waals surface area contributed by atoms with E-state index in [0.717, 1.165) is 62.5 Å². The summed E-state index contributed by atoms with van der Waals surface area (Å²) in [6.07, 6.45) is 13.6. The van der Waals surface area contributed by atoms with Crippen molar-refractivity contribution in [3.05, 3.63) is 34.4 Å². The van der Waals surface area contributed by atoms with Crippen LogP contribution in [0.1, 0.15) is 206 Å². The normalized spacial score (nSPS) is 49.6. The van der Waals surface area contributed by atoms with E-state index in [0.29, 0.717) is 75.2 Å². The smallest absolute Gasteiger partial charge is 0.331 e. The van der Waals surface area contributed by atoms with E-state index in [1.54, 1.807) is 0 Å². The number of hydrogen-bond donors (Lipinski definition) is 6. The summed E-state index contributed by atoms with van der Waals surface area (Å²) in [5, 5.41) is 66.3. The molecule has 0 amide bonds. The predicted molar refractivity (Wildman–Crippen MR) is 288 cm³/mol. The van der Waals surface area contributed by atoms with Gasteiger partial charge in [-0.1, -0.05) is 78.7 Å². The Morgan fingerprint density at radius 3 is 1.57 bits per heavy atom. The van der Waals surface area contributed by atoms with Crippen LogP contribution in [0.5, 0.6) is 0 Å². The van der Waals surface area contributed by atoms with Crippen LogP contribution in [0.15, 0.2) is 34.4 Å². The number of carboxylic acid groups (broad SMARTS) is 2. The van der Waals surface area contributed by atoms with Crippen molar-refractivity contribution < 1.29 is 59.3 Å². The van der Waals surface area contributed by atoms with Crippen molar-refractivity contribution in [1.82, 2.24) is 0 Å². The predicted octanol–water partition coefficient (Wildman–Crippen LogP) is 11.4. The molecule has 0 aliphatic heterocycles. The molecule has 9 aliphatic carbocycles. The average molecular weight is 1050 g/mol. The summed E-state index contributed by atoms with van der Waals surface area (Å²) in [5.74, 6) is -1.42. The van der Waals surface area contributed by atoms with Crippen molar-refractivity contribution in [1.29, 1.82) is 0 Å². The quantitative estimate of drug-likeness (QED) is 0.0686. The van der Waals surface area contributed by atoms with Gasteiger partial charge in [-0.25, -0.2) is 4.79 Å². The summed E-state index contributed by atoms with van der Waals surface area (Å²) in [6, 6.07) is 0. The van der Waals surface area contributed by atoms with Gasteiger partial charge in [0.2, 0.25) is 0 Å². The first-order chi connectivity index (χ1) is 34.8. The third-order valence-corrected chi connectivity index (χ3v) is 25.0. The van der Waals surface area contributed by atoms with Crippen LogP contribution in [0, 0.1) is 90.7 Å². The van der Waals surface area contributed by atoms with Crippen LogP contribution < -0.4 is 0 Å². The second-order valence-corrected chi connectivity index (χ2v) is 28.7. The topological polar surface area (TPSA) is 208 Å². The molecule has 0 bridgehead atoms. The lowest BCUT2D eigenvalue weighted by Crippen LogP contribution is -2.66. The first-order valence-electron chi connectivity index (χ1n) is 29.3. The molecule has 1 spiro atoms. The fraction of sp³-hybridized carbons (Fsp3) is 0.841. The summed E-state index contributed by atoms with van der Waals surface area (Å²) < 4.78 is 11.9. The lowest BCUT2D eigenvalue weighted by atomic mass is 9.36. The molecule has 14 unspecified atom stereocenters. The van der Waals surface area contributed by atoms with Crippen LogP contribution in [0.4, 0.5) is 0 Å². The maximum absolute atomic E-state index is 13.0. The molecule has 0 heterocycles. The summed E-state index contributed by atoms with van der Waals surface area (Å²) in [5.41, 5.74) is 0.623. The standard InChI is InChI=1S/C32H50O6.C31H48O6/c1-18(2)9-8-12-31(27(36)37)17-32(31)24-15-23(35)26-28(5)13-11-22(34)19(3)21(28)10-14-29(26,6)30(24,7)16-25(32)38-20(4)33;1-17(2)9-8-10-20(28(35)36)26-22-15-24(34)27-29(5)13-12-23(33)18(3)21(29)11-14-30(27,6)31(22,7)16-25(26)37-19(4)32/h9,19,21-26,34-35H,8,10-17H2,1-7H3,(H,36,37);9,18,21-25,27,33-34H,8,10-16H2,1-7H3,(H,35,36)/b;26-20-/t19?,21?,22?,23?,24?,25-,26-,28-,29?,30-,31?,32?;18?,21?,22?,23?,24?,25-,27-,29-,30?,31-/m00/s1. The van der Waals surface area contributed by atoms with Gasteiger partial charge in [-0.05, 0) is 222 Å². The Morgan fingerprint density at radius 1 is 0.600 bits per heavy atom. The zero-order valence-corrected chi connectivity index (χ0v) is 48.4. The van der Waals surface area contributed by atoms with Crippen molar-refractivity contribution in [2.75, 3.05) is 0 Å². The Morgan fingerprint density at radius 2 is 1.09 bits per heavy atom. The number of ether oxygens (including phenoxy) is 2. The first kappa shape index (κ1) is 58.1. The van der Waals surface area contributed by atoms with Crippen molar-refractivity contribution in [3.63, 3.8) is 0 Å². The van der Waals surface area contributed by atoms with E-state index >= 15 is 0 Å². The highest BCUT2D eigenvalue weighted by Crippen LogP contribution is 2.86. The molecule has 9 saturated carbocycles. The minimum absolute atomic E-state index is 0.0230. The van der Waals surface area contributed by atoms with Gasteiger partial charge in [0.25, 0.3) is 0 Å². The van der Waals surface area contributed by atoms with E-state index < -0.39 is 53.2 Å². The number of fused-ring (bicyclic) bond motifs is 11. The largest absolute Gasteiger partial charge is 0.481 e. The van der Waals surface area contributed by atoms with E-state index in [2.05, 4.69) is 61.5 Å². The van der Waals surface area contributed by atoms with Crippen LogP contribution in [0.2, 0.25) is 0 Å². The Balaban J connectivity index is 0.000000199. The molecule has 22 atom stereocenters. The van der Waals surface area contributed by atoms with Crippen LogP contribution >= 0.6 is 0 Å². The number of aliphatic carboxylic acids is 2. The second-order valence-electron chi connectivity index (χ2n) is 28.7. The third-order valence-electron chi connectivity index (χ3n) is 25.0. The SMILES string of the molecule is CC(=O)O[C@H]1C[C@@]2(C)C(CC(O)[C@@H]3C2(C)CCC2C(C)C(O)CC[C@@]23C)/C1=C(\CCC=C(C)C)C(=O)O.CC(=O)O[C@H]1C[C@@]2(C)C(CC(O)[C@@H]3C2(C)CCC2C(C)C(O)CC[C@@]23C)C12CC2(CCC=C(C)C)C(=O)O. The zero-order chi connectivity index (χ0) is 55.6. The highest BCUT2D eigenvalue weighted by molar-refractivity contribution is 5.88. The van der Waals surface area contributed by atoms with E-state index in [4.69, 9.17) is 9.47 Å². The van der Waals surface area contributed by atoms with Gasteiger partial charge in [0.15, 0.2) is 0 Å². The molecule has 6 N–H and O–H groups in total. The van der Waals surface area contributed by atoms with Gasteiger partial charge in [-0.2, -0.15) is 0 Å². The number of carboxylic acids is 2. The molecule has 0 aromatic heterocycles. The minimum Gasteiger partial charge on any atom is -0.481 e. The van der Waals surface area contributed by atoms with E-state index in [1.165, 1.54) is 19.4 Å². The summed E-state index contributed by atoms with van der Waals surface area (Å²) >= 11 is 0. The third kappa shape index (κ3) is 8.69. The maximum atomic E-state index is 13.0. The van der Waals surface area contributed by atoms with Crippen LogP contribution in [0.25, 0.3) is 0 Å². The van der Waals surface area contributed by atoms with Crippen LogP contribution in [-0.4, -0.2) is 91.1 Å². The van der Waals surface area contributed by atoms with E-state index in [9.17, 15) is 49.8 Å². The van der Waals surface area contributed by atoms with Crippen molar-refractivity contribution in [2.45, 2.75) is 243 Å². The molecule has 0 saturated heterocycles. The lowest BCUT2D eigenvalue weighted by Gasteiger charge is -2.69. The number of rotatable bonds is 10. The van der Waals surface area contributed by atoms with Crippen molar-refractivity contribution in [2.24, 2.45) is 90.7 Å². The maximum Gasteiger partial charge on any atom is 0.331 e. The van der Waals surface area contributed by atoms with Gasteiger partial charge >= 0.3 is 23.9 Å². The van der Waals surface area contributed by atoms with E-state index in [1.807, 2.05) is 33.8 Å². The van der Waals surface area contributed by atoms with Gasteiger partial charge in [-0.3, -0.25) is 14.4 Å². The molecular weight excluding hydrogens is 949 g/mol. The highest BCUT2D eigenvalue weighted by Gasteiger charge is 2.86. The molecule has 0 aromatic carbocycles. The van der Waals surface area contributed by atoms with Gasteiger partial charge in [0.1, 0.15) is 12.2 Å². The summed E-state index contributed by atoms with van der Waals surface area (Å²) in [6.45, 7) is 29.2. The van der Waals surface area contributed by atoms with Crippen molar-refractivity contribution in [3.8, 4) is 0 Å². The monoisotopic (exact) mass is 1050 g/mol. The van der Waals surface area contributed by atoms with Gasteiger partial charge < -0.3 is 40.1 Å². The Kier molecular flexibility index (Phi) is 15.4. The molecular formula is C63H98O12. The number of carbonyl (C=O) groups is 4.